The van der Waals surface area contributed by atoms with Crippen LogP contribution in [0.2, 0.25) is 0 Å². The number of aliphatic hydroxyl groups is 1. The Hall–Kier alpha value is -1.23. The van der Waals surface area contributed by atoms with Crippen LogP contribution in [0.4, 0.5) is 0 Å². The van der Waals surface area contributed by atoms with E-state index in [1.54, 1.807) is 12.4 Å². The molecule has 1 aromatic heterocycles. The minimum atomic E-state index is -0.102. The molecule has 0 aliphatic rings. The molecular weight excluding hydrogens is 292 g/mol. The van der Waals surface area contributed by atoms with Gasteiger partial charge in [-0.05, 0) is 33.1 Å². The molecular formula is C14H15BrN2O. The Bertz CT molecular complexity index is 490. The molecule has 1 aromatic carbocycles. The van der Waals surface area contributed by atoms with E-state index in [0.717, 1.165) is 16.6 Å². The van der Waals surface area contributed by atoms with E-state index in [0.29, 0.717) is 0 Å². The number of nitrogens with zero attached hydrogens (tertiary/aromatic N) is 1. The van der Waals surface area contributed by atoms with Gasteiger partial charge >= 0.3 is 0 Å². The summed E-state index contributed by atoms with van der Waals surface area (Å²) in [5, 5.41) is 12.8. The predicted molar refractivity (Wildman–Crippen MR) is 75.0 cm³/mol. The average Bonchev–Trinajstić information content (AvgIpc) is 2.41. The zero-order valence-corrected chi connectivity index (χ0v) is 11.5. The summed E-state index contributed by atoms with van der Waals surface area (Å²) in [5.74, 6) is 0. The lowest BCUT2D eigenvalue weighted by molar-refractivity contribution is 0.243. The first-order valence-corrected chi connectivity index (χ1v) is 6.57. The van der Waals surface area contributed by atoms with Gasteiger partial charge < -0.3 is 10.4 Å². The molecule has 2 N–H and O–H groups in total. The summed E-state index contributed by atoms with van der Waals surface area (Å²) in [5.41, 5.74) is 2.17. The van der Waals surface area contributed by atoms with Crippen molar-refractivity contribution in [2.75, 3.05) is 6.61 Å². The highest BCUT2D eigenvalue weighted by Gasteiger charge is 2.10. The van der Waals surface area contributed by atoms with Gasteiger partial charge in [-0.25, -0.2) is 0 Å². The molecule has 1 unspecified atom stereocenters. The second-order valence-corrected chi connectivity index (χ2v) is 4.95. The first-order valence-electron chi connectivity index (χ1n) is 5.78. The summed E-state index contributed by atoms with van der Waals surface area (Å²) in [6.07, 6.45) is 3.50. The van der Waals surface area contributed by atoms with Gasteiger partial charge in [-0.2, -0.15) is 0 Å². The third-order valence-electron chi connectivity index (χ3n) is 2.71. The molecule has 0 saturated heterocycles. The van der Waals surface area contributed by atoms with E-state index in [1.807, 2.05) is 24.3 Å². The Morgan fingerprint density at radius 3 is 2.67 bits per heavy atom. The summed E-state index contributed by atoms with van der Waals surface area (Å²) < 4.78 is 0.917. The fourth-order valence-corrected chi connectivity index (χ4v) is 2.13. The van der Waals surface area contributed by atoms with E-state index in [4.69, 9.17) is 0 Å². The molecule has 0 spiro atoms. The number of nitrogens with one attached hydrogen (secondary N) is 1. The van der Waals surface area contributed by atoms with Crippen molar-refractivity contribution < 1.29 is 5.11 Å². The molecule has 4 heteroatoms. The third-order valence-corrected chi connectivity index (χ3v) is 3.14. The van der Waals surface area contributed by atoms with E-state index in [1.165, 1.54) is 5.56 Å². The van der Waals surface area contributed by atoms with Crippen LogP contribution in [-0.2, 0) is 6.54 Å². The SMILES string of the molecule is OCC(NCc1ccccc1)c1cncc(Br)c1. The molecule has 3 nitrogen and oxygen atoms in total. The quantitative estimate of drug-likeness (QED) is 0.892. The topological polar surface area (TPSA) is 45.1 Å². The molecule has 2 aromatic rings. The largest absolute Gasteiger partial charge is 0.394 e. The molecule has 1 heterocycles. The summed E-state index contributed by atoms with van der Waals surface area (Å²) in [7, 11) is 0. The normalized spacial score (nSPS) is 12.3. The molecule has 0 aliphatic heterocycles. The van der Waals surface area contributed by atoms with Crippen LogP contribution in [0.25, 0.3) is 0 Å². The van der Waals surface area contributed by atoms with Gasteiger partial charge in [0.25, 0.3) is 0 Å². The number of halogens is 1. The fraction of sp³-hybridized carbons (Fsp3) is 0.214. The smallest absolute Gasteiger partial charge is 0.0627 e. The van der Waals surface area contributed by atoms with Crippen molar-refractivity contribution in [3.05, 3.63) is 64.4 Å². The maximum Gasteiger partial charge on any atom is 0.0627 e. The Balaban J connectivity index is 2.02. The van der Waals surface area contributed by atoms with Crippen LogP contribution in [0.1, 0.15) is 17.2 Å². The number of aromatic nitrogens is 1. The van der Waals surface area contributed by atoms with Crippen LogP contribution in [0.15, 0.2) is 53.3 Å². The molecule has 0 amide bonds. The molecule has 0 saturated carbocycles. The van der Waals surface area contributed by atoms with Crippen LogP contribution < -0.4 is 5.32 Å². The number of rotatable bonds is 5. The van der Waals surface area contributed by atoms with Crippen LogP contribution >= 0.6 is 15.9 Å². The maximum absolute atomic E-state index is 9.44. The average molecular weight is 307 g/mol. The van der Waals surface area contributed by atoms with Crippen LogP contribution in [-0.4, -0.2) is 16.7 Å². The summed E-state index contributed by atoms with van der Waals surface area (Å²) in [4.78, 5) is 4.11. The van der Waals surface area contributed by atoms with Crippen LogP contribution in [0.5, 0.6) is 0 Å². The summed E-state index contributed by atoms with van der Waals surface area (Å²) >= 11 is 3.38. The lowest BCUT2D eigenvalue weighted by atomic mass is 10.1. The monoisotopic (exact) mass is 306 g/mol. The van der Waals surface area contributed by atoms with Gasteiger partial charge in [0, 0.05) is 23.4 Å². The number of hydrogen-bond acceptors (Lipinski definition) is 3. The van der Waals surface area contributed by atoms with Crippen molar-refractivity contribution in [2.45, 2.75) is 12.6 Å². The number of benzene rings is 1. The molecule has 18 heavy (non-hydrogen) atoms. The predicted octanol–water partition coefficient (Wildman–Crippen LogP) is 2.67. The first-order chi connectivity index (χ1) is 8.79. The van der Waals surface area contributed by atoms with Crippen molar-refractivity contribution in [1.82, 2.24) is 10.3 Å². The van der Waals surface area contributed by atoms with E-state index in [9.17, 15) is 5.11 Å². The Morgan fingerprint density at radius 1 is 1.22 bits per heavy atom. The molecule has 0 fully saturated rings. The molecule has 2 rings (SSSR count). The number of hydrogen-bond donors (Lipinski definition) is 2. The van der Waals surface area contributed by atoms with E-state index in [2.05, 4.69) is 38.4 Å². The summed E-state index contributed by atoms with van der Waals surface area (Å²) in [6.45, 7) is 0.767. The number of aliphatic hydroxyl groups excluding tert-OH is 1. The van der Waals surface area contributed by atoms with Crippen LogP contribution in [0.3, 0.4) is 0 Å². The highest BCUT2D eigenvalue weighted by molar-refractivity contribution is 9.10. The van der Waals surface area contributed by atoms with Gasteiger partial charge in [0.1, 0.15) is 0 Å². The minimum Gasteiger partial charge on any atom is -0.394 e. The summed E-state index contributed by atoms with van der Waals surface area (Å²) in [6, 6.07) is 12.0. The van der Waals surface area contributed by atoms with Crippen molar-refractivity contribution in [2.24, 2.45) is 0 Å². The van der Waals surface area contributed by atoms with E-state index < -0.39 is 0 Å². The highest BCUT2D eigenvalue weighted by Crippen LogP contribution is 2.16. The number of pyridine rings is 1. The van der Waals surface area contributed by atoms with Gasteiger partial charge in [-0.15, -0.1) is 0 Å². The standard InChI is InChI=1S/C14H15BrN2O/c15-13-6-12(8-16-9-13)14(10-18)17-7-11-4-2-1-3-5-11/h1-6,8-9,14,17-18H,7,10H2. The van der Waals surface area contributed by atoms with Crippen molar-refractivity contribution in [3.63, 3.8) is 0 Å². The van der Waals surface area contributed by atoms with E-state index in [-0.39, 0.29) is 12.6 Å². The van der Waals surface area contributed by atoms with Gasteiger partial charge in [-0.1, -0.05) is 30.3 Å². The Morgan fingerprint density at radius 2 is 2.00 bits per heavy atom. The van der Waals surface area contributed by atoms with Gasteiger partial charge in [-0.3, -0.25) is 4.98 Å². The van der Waals surface area contributed by atoms with Crippen molar-refractivity contribution >= 4 is 15.9 Å². The van der Waals surface area contributed by atoms with E-state index >= 15 is 0 Å². The lowest BCUT2D eigenvalue weighted by Crippen LogP contribution is -2.24. The second kappa shape index (κ2) is 6.64. The fourth-order valence-electron chi connectivity index (χ4n) is 1.74. The second-order valence-electron chi connectivity index (χ2n) is 4.04. The maximum atomic E-state index is 9.44. The van der Waals surface area contributed by atoms with Gasteiger partial charge in [0.15, 0.2) is 0 Å². The lowest BCUT2D eigenvalue weighted by Gasteiger charge is -2.16. The molecule has 0 bridgehead atoms. The highest BCUT2D eigenvalue weighted by atomic mass is 79.9. The zero-order chi connectivity index (χ0) is 12.8. The molecule has 94 valence electrons. The first kappa shape index (κ1) is 13.2. The minimum absolute atomic E-state index is 0.0466. The zero-order valence-electron chi connectivity index (χ0n) is 9.88. The third kappa shape index (κ3) is 3.63. The molecule has 0 radical (unpaired) electrons. The Kier molecular flexibility index (Phi) is 4.87. The molecule has 1 atom stereocenters. The van der Waals surface area contributed by atoms with Crippen molar-refractivity contribution in [1.29, 1.82) is 0 Å². The van der Waals surface area contributed by atoms with Gasteiger partial charge in [0.05, 0.1) is 12.6 Å². The van der Waals surface area contributed by atoms with Gasteiger partial charge in [0.2, 0.25) is 0 Å². The van der Waals surface area contributed by atoms with Crippen LogP contribution in [0, 0.1) is 0 Å². The van der Waals surface area contributed by atoms with Crippen molar-refractivity contribution in [3.8, 4) is 0 Å². The molecule has 0 aliphatic carbocycles. The Labute approximate surface area is 115 Å².